The summed E-state index contributed by atoms with van der Waals surface area (Å²) >= 11 is 0. The number of ether oxygens (including phenoxy) is 2. The van der Waals surface area contributed by atoms with Gasteiger partial charge in [0.15, 0.2) is 6.61 Å². The second-order valence-corrected chi connectivity index (χ2v) is 7.54. The molecule has 3 nitrogen and oxygen atoms in total. The first kappa shape index (κ1) is 16.1. The fourth-order valence-corrected chi connectivity index (χ4v) is 4.11. The van der Waals surface area contributed by atoms with Crippen LogP contribution in [0, 0.1) is 5.41 Å². The lowest BCUT2D eigenvalue weighted by Crippen LogP contribution is -2.34. The molecule has 2 saturated heterocycles. The van der Waals surface area contributed by atoms with E-state index in [4.69, 9.17) is 9.47 Å². The molecule has 6 heteroatoms. The molecule has 0 radical (unpaired) electrons. The van der Waals surface area contributed by atoms with E-state index in [1.54, 1.807) is 12.1 Å². The molecule has 132 valence electrons. The van der Waals surface area contributed by atoms with Crippen LogP contribution in [0.2, 0.25) is 0 Å². The highest BCUT2D eigenvalue weighted by atomic mass is 19.4. The lowest BCUT2D eigenvalue weighted by molar-refractivity contribution is -0.153. The maximum Gasteiger partial charge on any atom is 0.422 e. The summed E-state index contributed by atoms with van der Waals surface area (Å²) in [6.45, 7) is 1.73. The maximum absolute atomic E-state index is 12.2. The van der Waals surface area contributed by atoms with E-state index in [-0.39, 0.29) is 11.4 Å². The van der Waals surface area contributed by atoms with Gasteiger partial charge in [-0.25, -0.2) is 0 Å². The molecule has 0 N–H and O–H groups in total. The van der Waals surface area contributed by atoms with E-state index >= 15 is 0 Å². The molecule has 1 aromatic rings. The van der Waals surface area contributed by atoms with Crippen molar-refractivity contribution in [1.82, 2.24) is 0 Å². The smallest absolute Gasteiger partial charge is 0.422 e. The van der Waals surface area contributed by atoms with E-state index < -0.39 is 12.8 Å². The number of rotatable bonds is 3. The van der Waals surface area contributed by atoms with E-state index in [0.717, 1.165) is 25.4 Å². The number of hydrogen-bond donors (Lipinski definition) is 0. The van der Waals surface area contributed by atoms with Crippen LogP contribution in [0.1, 0.15) is 32.1 Å². The molecule has 2 spiro atoms. The normalized spacial score (nSPS) is 32.5. The first-order valence-corrected chi connectivity index (χ1v) is 8.56. The van der Waals surface area contributed by atoms with E-state index in [1.807, 2.05) is 12.1 Å². The fraction of sp³-hybridized carbons (Fsp3) is 0.667. The molecule has 0 atom stereocenters. The van der Waals surface area contributed by atoms with Gasteiger partial charge in [0.1, 0.15) is 5.75 Å². The van der Waals surface area contributed by atoms with Gasteiger partial charge in [-0.05, 0) is 61.8 Å². The summed E-state index contributed by atoms with van der Waals surface area (Å²) in [6, 6.07) is 6.97. The van der Waals surface area contributed by atoms with Gasteiger partial charge < -0.3 is 14.4 Å². The Bertz CT molecular complexity index is 585. The minimum atomic E-state index is -4.30. The van der Waals surface area contributed by atoms with Crippen molar-refractivity contribution in [2.45, 2.75) is 43.9 Å². The van der Waals surface area contributed by atoms with Crippen LogP contribution in [-0.4, -0.2) is 38.1 Å². The van der Waals surface area contributed by atoms with Gasteiger partial charge in [-0.15, -0.1) is 0 Å². The van der Waals surface area contributed by atoms with E-state index in [2.05, 4.69) is 4.90 Å². The van der Waals surface area contributed by atoms with Crippen molar-refractivity contribution in [3.63, 3.8) is 0 Å². The summed E-state index contributed by atoms with van der Waals surface area (Å²) in [4.78, 5) is 2.35. The zero-order valence-electron chi connectivity index (χ0n) is 13.6. The van der Waals surface area contributed by atoms with Crippen molar-refractivity contribution in [3.05, 3.63) is 24.3 Å². The van der Waals surface area contributed by atoms with Crippen molar-refractivity contribution in [1.29, 1.82) is 0 Å². The monoisotopic (exact) mass is 341 g/mol. The zero-order chi connectivity index (χ0) is 16.8. The Morgan fingerprint density at radius 1 is 1.04 bits per heavy atom. The third-order valence-corrected chi connectivity index (χ3v) is 5.82. The van der Waals surface area contributed by atoms with Crippen molar-refractivity contribution in [2.75, 3.05) is 31.2 Å². The number of hydrogen-bond acceptors (Lipinski definition) is 3. The largest absolute Gasteiger partial charge is 0.484 e. The van der Waals surface area contributed by atoms with Gasteiger partial charge in [0.2, 0.25) is 0 Å². The van der Waals surface area contributed by atoms with Crippen LogP contribution in [0.25, 0.3) is 0 Å². The molecule has 1 saturated carbocycles. The first-order valence-electron chi connectivity index (χ1n) is 8.56. The molecule has 24 heavy (non-hydrogen) atoms. The van der Waals surface area contributed by atoms with Crippen LogP contribution in [0.15, 0.2) is 24.3 Å². The molecular formula is C18H22F3NO2. The van der Waals surface area contributed by atoms with Crippen LogP contribution < -0.4 is 9.64 Å². The topological polar surface area (TPSA) is 25.0 Å². The average molecular weight is 341 g/mol. The fourth-order valence-electron chi connectivity index (χ4n) is 4.11. The molecule has 0 unspecified atom stereocenters. The second-order valence-electron chi connectivity index (χ2n) is 7.54. The highest BCUT2D eigenvalue weighted by Gasteiger charge is 2.52. The van der Waals surface area contributed by atoms with E-state index in [1.165, 1.54) is 32.1 Å². The number of nitrogens with zero attached hydrogens (tertiary/aromatic N) is 1. The Labute approximate surface area is 139 Å². The van der Waals surface area contributed by atoms with Crippen LogP contribution >= 0.6 is 0 Å². The quantitative estimate of drug-likeness (QED) is 0.772. The minimum absolute atomic E-state index is 0.218. The Morgan fingerprint density at radius 3 is 2.29 bits per heavy atom. The van der Waals surface area contributed by atoms with Gasteiger partial charge in [0.05, 0.1) is 12.2 Å². The number of alkyl halides is 3. The van der Waals surface area contributed by atoms with Gasteiger partial charge in [-0.3, -0.25) is 0 Å². The minimum Gasteiger partial charge on any atom is -0.484 e. The van der Waals surface area contributed by atoms with Crippen molar-refractivity contribution in [3.8, 4) is 5.75 Å². The molecule has 1 aliphatic carbocycles. The van der Waals surface area contributed by atoms with Crippen molar-refractivity contribution < 1.29 is 22.6 Å². The maximum atomic E-state index is 12.2. The predicted octanol–water partition coefficient (Wildman–Crippen LogP) is 4.17. The Morgan fingerprint density at radius 2 is 1.71 bits per heavy atom. The Hall–Kier alpha value is -1.43. The summed E-state index contributed by atoms with van der Waals surface area (Å²) in [6.07, 6.45) is 1.67. The molecular weight excluding hydrogens is 319 g/mol. The molecule has 4 rings (SSSR count). The van der Waals surface area contributed by atoms with Gasteiger partial charge in [-0.1, -0.05) is 0 Å². The summed E-state index contributed by atoms with van der Waals surface area (Å²) < 4.78 is 46.9. The SMILES string of the molecule is FC(F)(F)COc1ccc(N2CCC3(CCC4(CC3)CO4)C2)cc1. The molecule has 1 aromatic carbocycles. The van der Waals surface area contributed by atoms with E-state index in [0.29, 0.717) is 5.41 Å². The second kappa shape index (κ2) is 5.55. The summed E-state index contributed by atoms with van der Waals surface area (Å²) in [5.41, 5.74) is 1.67. The number of epoxide rings is 1. The molecule has 2 aliphatic heterocycles. The Balaban J connectivity index is 1.35. The molecule has 0 amide bonds. The number of anilines is 1. The number of benzene rings is 1. The first-order chi connectivity index (χ1) is 11.4. The van der Waals surface area contributed by atoms with Gasteiger partial charge in [0, 0.05) is 18.8 Å². The van der Waals surface area contributed by atoms with Crippen LogP contribution in [-0.2, 0) is 4.74 Å². The van der Waals surface area contributed by atoms with Crippen LogP contribution in [0.5, 0.6) is 5.75 Å². The van der Waals surface area contributed by atoms with Gasteiger partial charge in [-0.2, -0.15) is 13.2 Å². The predicted molar refractivity (Wildman–Crippen MR) is 84.4 cm³/mol. The third-order valence-electron chi connectivity index (χ3n) is 5.82. The van der Waals surface area contributed by atoms with Gasteiger partial charge in [0.25, 0.3) is 0 Å². The lowest BCUT2D eigenvalue weighted by Gasteiger charge is -2.36. The van der Waals surface area contributed by atoms with Crippen molar-refractivity contribution in [2.24, 2.45) is 5.41 Å². The highest BCUT2D eigenvalue weighted by molar-refractivity contribution is 5.50. The Kier molecular flexibility index (Phi) is 3.71. The average Bonchev–Trinajstić information content (AvgIpc) is 3.20. The van der Waals surface area contributed by atoms with Crippen molar-refractivity contribution >= 4 is 5.69 Å². The summed E-state index contributed by atoms with van der Waals surface area (Å²) in [7, 11) is 0. The highest BCUT2D eigenvalue weighted by Crippen LogP contribution is 2.52. The van der Waals surface area contributed by atoms with Crippen LogP contribution in [0.4, 0.5) is 18.9 Å². The molecule has 2 heterocycles. The molecule has 0 bridgehead atoms. The molecule has 3 fully saturated rings. The lowest BCUT2D eigenvalue weighted by atomic mass is 9.70. The zero-order valence-corrected chi connectivity index (χ0v) is 13.6. The third kappa shape index (κ3) is 3.34. The summed E-state index contributed by atoms with van der Waals surface area (Å²) in [5.74, 6) is 0.260. The van der Waals surface area contributed by atoms with E-state index in [9.17, 15) is 13.2 Å². The summed E-state index contributed by atoms with van der Waals surface area (Å²) in [5, 5.41) is 0. The standard InChI is InChI=1S/C18H22F3NO2/c19-18(20,21)13-23-15-3-1-14(2-4-15)22-10-9-16(11-22)5-7-17(8-6-16)12-24-17/h1-4H,5-13H2. The number of halogens is 3. The molecule has 0 aromatic heterocycles. The van der Waals surface area contributed by atoms with Gasteiger partial charge >= 0.3 is 6.18 Å². The molecule has 3 aliphatic rings. The van der Waals surface area contributed by atoms with Crippen LogP contribution in [0.3, 0.4) is 0 Å².